The first-order valence-corrected chi connectivity index (χ1v) is 8.84. The first kappa shape index (κ1) is 19.9. The van der Waals surface area contributed by atoms with Crippen LogP contribution in [0.2, 0.25) is 0 Å². The second-order valence-corrected chi connectivity index (χ2v) is 6.48. The number of Topliss-reactive ketones (excluding diaryl/α,β-unsaturated/α-hetero) is 1. The van der Waals surface area contributed by atoms with Gasteiger partial charge >= 0.3 is 5.97 Å². The van der Waals surface area contributed by atoms with Gasteiger partial charge < -0.3 is 9.30 Å². The van der Waals surface area contributed by atoms with E-state index >= 15 is 0 Å². The van der Waals surface area contributed by atoms with Crippen LogP contribution in [-0.2, 0) is 18.2 Å². The van der Waals surface area contributed by atoms with Gasteiger partial charge in [0.1, 0.15) is 0 Å². The van der Waals surface area contributed by atoms with E-state index in [0.717, 1.165) is 5.56 Å². The third kappa shape index (κ3) is 4.21. The second kappa shape index (κ2) is 8.47. The normalized spacial score (nSPS) is 11.7. The standard InChI is InChI=1S/C21H19N3O5/c1-23-11-10-22-20(23)19(25)17(14-6-4-3-5-7-14)12-15-8-9-16(24(27)28)13-18(15)21(26)29-2/h3-11,13,17H,12H2,1-2H3/t17-/m1/s1. The zero-order chi connectivity index (χ0) is 21.0. The molecule has 0 radical (unpaired) electrons. The highest BCUT2D eigenvalue weighted by Gasteiger charge is 2.28. The van der Waals surface area contributed by atoms with Crippen LogP contribution in [0.5, 0.6) is 0 Å². The fourth-order valence-corrected chi connectivity index (χ4v) is 3.18. The van der Waals surface area contributed by atoms with Crippen molar-refractivity contribution in [3.63, 3.8) is 0 Å². The van der Waals surface area contributed by atoms with Gasteiger partial charge in [-0.15, -0.1) is 0 Å². The average molecular weight is 393 g/mol. The van der Waals surface area contributed by atoms with Crippen molar-refractivity contribution < 1.29 is 19.2 Å². The SMILES string of the molecule is COC(=O)c1cc([N+](=O)[O-])ccc1C[C@@H](C(=O)c1nccn1C)c1ccccc1. The third-order valence-corrected chi connectivity index (χ3v) is 4.69. The predicted molar refractivity (Wildman–Crippen MR) is 105 cm³/mol. The van der Waals surface area contributed by atoms with Gasteiger partial charge in [-0.25, -0.2) is 9.78 Å². The van der Waals surface area contributed by atoms with Gasteiger partial charge in [0.05, 0.1) is 23.5 Å². The number of carbonyl (C=O) groups excluding carboxylic acids is 2. The third-order valence-electron chi connectivity index (χ3n) is 4.69. The van der Waals surface area contributed by atoms with Gasteiger partial charge in [-0.3, -0.25) is 14.9 Å². The zero-order valence-electron chi connectivity index (χ0n) is 15.9. The molecule has 2 aromatic carbocycles. The molecule has 0 saturated heterocycles. The number of methoxy groups -OCH3 is 1. The number of aryl methyl sites for hydroxylation is 1. The van der Waals surface area contributed by atoms with E-state index in [0.29, 0.717) is 11.4 Å². The molecule has 0 N–H and O–H groups in total. The number of nitro groups is 1. The van der Waals surface area contributed by atoms with Crippen molar-refractivity contribution in [1.29, 1.82) is 0 Å². The van der Waals surface area contributed by atoms with E-state index in [1.54, 1.807) is 24.0 Å². The van der Waals surface area contributed by atoms with E-state index < -0.39 is 16.8 Å². The summed E-state index contributed by atoms with van der Waals surface area (Å²) >= 11 is 0. The number of hydrogen-bond acceptors (Lipinski definition) is 6. The van der Waals surface area contributed by atoms with E-state index in [9.17, 15) is 19.7 Å². The monoisotopic (exact) mass is 393 g/mol. The van der Waals surface area contributed by atoms with Gasteiger partial charge in [-0.05, 0) is 17.5 Å². The van der Waals surface area contributed by atoms with E-state index in [1.165, 1.54) is 25.3 Å². The van der Waals surface area contributed by atoms with E-state index in [2.05, 4.69) is 4.98 Å². The zero-order valence-corrected chi connectivity index (χ0v) is 15.9. The van der Waals surface area contributed by atoms with Gasteiger partial charge in [0.25, 0.3) is 5.69 Å². The van der Waals surface area contributed by atoms with Crippen molar-refractivity contribution in [1.82, 2.24) is 9.55 Å². The van der Waals surface area contributed by atoms with Crippen LogP contribution >= 0.6 is 0 Å². The van der Waals surface area contributed by atoms with Gasteiger partial charge in [-0.2, -0.15) is 0 Å². The molecule has 8 nitrogen and oxygen atoms in total. The smallest absolute Gasteiger partial charge is 0.338 e. The minimum absolute atomic E-state index is 0.0651. The largest absolute Gasteiger partial charge is 0.465 e. The maximum absolute atomic E-state index is 13.2. The van der Waals surface area contributed by atoms with Crippen molar-refractivity contribution in [2.45, 2.75) is 12.3 Å². The molecule has 148 valence electrons. The molecule has 0 aliphatic carbocycles. The van der Waals surface area contributed by atoms with Crippen LogP contribution in [0, 0.1) is 10.1 Å². The van der Waals surface area contributed by atoms with Crippen LogP contribution < -0.4 is 0 Å². The van der Waals surface area contributed by atoms with E-state index in [4.69, 9.17) is 4.74 Å². The van der Waals surface area contributed by atoms with Crippen LogP contribution in [0.4, 0.5) is 5.69 Å². The fraction of sp³-hybridized carbons (Fsp3) is 0.190. The van der Waals surface area contributed by atoms with E-state index in [1.807, 2.05) is 30.3 Å². The van der Waals surface area contributed by atoms with Crippen molar-refractivity contribution >= 4 is 17.4 Å². The fourth-order valence-electron chi connectivity index (χ4n) is 3.18. The summed E-state index contributed by atoms with van der Waals surface area (Å²) in [4.78, 5) is 40.2. The molecule has 0 bridgehead atoms. The number of nitrogens with zero attached hydrogens (tertiary/aromatic N) is 3. The molecule has 0 amide bonds. The Kier molecular flexibility index (Phi) is 5.82. The van der Waals surface area contributed by atoms with Gasteiger partial charge in [-0.1, -0.05) is 36.4 Å². The number of aromatic nitrogens is 2. The Morgan fingerprint density at radius 1 is 1.21 bits per heavy atom. The average Bonchev–Trinajstić information content (AvgIpc) is 3.17. The molecule has 3 aromatic rings. The predicted octanol–water partition coefficient (Wildman–Crippen LogP) is 3.32. The number of ketones is 1. The summed E-state index contributed by atoms with van der Waals surface area (Å²) in [5.41, 5.74) is 1.09. The molecular weight excluding hydrogens is 374 g/mol. The number of hydrogen-bond donors (Lipinski definition) is 0. The lowest BCUT2D eigenvalue weighted by Crippen LogP contribution is -2.20. The van der Waals surface area contributed by atoms with Gasteiger partial charge in [0.2, 0.25) is 5.78 Å². The molecule has 0 spiro atoms. The molecule has 0 aliphatic heterocycles. The Balaban J connectivity index is 2.07. The van der Waals surface area contributed by atoms with Crippen molar-refractivity contribution in [3.05, 3.63) is 93.6 Å². The van der Waals surface area contributed by atoms with Crippen LogP contribution in [-0.4, -0.2) is 33.3 Å². The van der Waals surface area contributed by atoms with Gasteiger partial charge in [0, 0.05) is 31.6 Å². The first-order chi connectivity index (χ1) is 13.9. The summed E-state index contributed by atoms with van der Waals surface area (Å²) in [6, 6.07) is 13.1. The lowest BCUT2D eigenvalue weighted by molar-refractivity contribution is -0.384. The number of ether oxygens (including phenoxy) is 1. The molecule has 0 saturated carbocycles. The maximum Gasteiger partial charge on any atom is 0.338 e. The minimum atomic E-state index is -0.694. The molecule has 1 heterocycles. The Bertz CT molecular complexity index is 1060. The topological polar surface area (TPSA) is 104 Å². The number of rotatable bonds is 7. The quantitative estimate of drug-likeness (QED) is 0.264. The highest BCUT2D eigenvalue weighted by Crippen LogP contribution is 2.28. The lowest BCUT2D eigenvalue weighted by Gasteiger charge is -2.18. The van der Waals surface area contributed by atoms with Crippen LogP contribution in [0.1, 0.15) is 38.0 Å². The van der Waals surface area contributed by atoms with Crippen molar-refractivity contribution in [2.75, 3.05) is 7.11 Å². The number of nitro benzene ring substituents is 1. The number of esters is 1. The van der Waals surface area contributed by atoms with Crippen LogP contribution in [0.3, 0.4) is 0 Å². The van der Waals surface area contributed by atoms with Crippen molar-refractivity contribution in [3.8, 4) is 0 Å². The molecular formula is C21H19N3O5. The molecule has 0 unspecified atom stereocenters. The van der Waals surface area contributed by atoms with Crippen LogP contribution in [0.15, 0.2) is 60.9 Å². The maximum atomic E-state index is 13.2. The Morgan fingerprint density at radius 3 is 2.52 bits per heavy atom. The lowest BCUT2D eigenvalue weighted by atomic mass is 9.86. The van der Waals surface area contributed by atoms with E-state index in [-0.39, 0.29) is 23.5 Å². The molecule has 0 aliphatic rings. The second-order valence-electron chi connectivity index (χ2n) is 6.48. The molecule has 3 rings (SSSR count). The molecule has 0 fully saturated rings. The number of benzene rings is 2. The summed E-state index contributed by atoms with van der Waals surface area (Å²) in [5, 5.41) is 11.1. The molecule has 29 heavy (non-hydrogen) atoms. The van der Waals surface area contributed by atoms with Gasteiger partial charge in [0.15, 0.2) is 5.82 Å². The first-order valence-electron chi connectivity index (χ1n) is 8.84. The molecule has 1 atom stereocenters. The molecule has 1 aromatic heterocycles. The Labute approximate surface area is 166 Å². The molecule has 8 heteroatoms. The van der Waals surface area contributed by atoms with Crippen LogP contribution in [0.25, 0.3) is 0 Å². The summed E-state index contributed by atoms with van der Waals surface area (Å²) in [7, 11) is 2.94. The highest BCUT2D eigenvalue weighted by atomic mass is 16.6. The number of imidazole rings is 1. The minimum Gasteiger partial charge on any atom is -0.465 e. The summed E-state index contributed by atoms with van der Waals surface area (Å²) in [6.45, 7) is 0. The number of carbonyl (C=O) groups is 2. The Hall–Kier alpha value is -3.81. The Morgan fingerprint density at radius 2 is 1.93 bits per heavy atom. The summed E-state index contributed by atoms with van der Waals surface area (Å²) < 4.78 is 6.42. The number of non-ortho nitro benzene ring substituents is 1. The highest BCUT2D eigenvalue weighted by molar-refractivity contribution is 5.99. The van der Waals surface area contributed by atoms with Crippen molar-refractivity contribution in [2.24, 2.45) is 7.05 Å². The summed E-state index contributed by atoms with van der Waals surface area (Å²) in [5.74, 6) is -1.24. The summed E-state index contributed by atoms with van der Waals surface area (Å²) in [6.07, 6.45) is 3.39.